The van der Waals surface area contributed by atoms with Gasteiger partial charge in [0, 0.05) is 6.92 Å². The standard InChI is InChI=1S/C9H13N5O5/c1-4-12-7(14-19-4)3-11-9(18)13-5(8(16)17)2-6(10)15/h5H,2-3H2,1H3,(H2,10,15)(H,16,17)(H2,11,13,18)/t5-/m1/s1. The SMILES string of the molecule is Cc1nc(CNC(=O)N[C@H](CC(N)=O)C(=O)O)no1. The van der Waals surface area contributed by atoms with E-state index in [1.165, 1.54) is 0 Å². The van der Waals surface area contributed by atoms with Gasteiger partial charge in [-0.1, -0.05) is 5.16 Å². The average Bonchev–Trinajstić information content (AvgIpc) is 2.71. The molecule has 0 saturated heterocycles. The summed E-state index contributed by atoms with van der Waals surface area (Å²) in [6, 6.07) is -2.17. The summed E-state index contributed by atoms with van der Waals surface area (Å²) < 4.78 is 4.68. The van der Waals surface area contributed by atoms with Crippen molar-refractivity contribution in [3.05, 3.63) is 11.7 Å². The number of hydrogen-bond acceptors (Lipinski definition) is 6. The van der Waals surface area contributed by atoms with Gasteiger partial charge in [-0.05, 0) is 0 Å². The van der Waals surface area contributed by atoms with Crippen molar-refractivity contribution in [3.63, 3.8) is 0 Å². The summed E-state index contributed by atoms with van der Waals surface area (Å²) in [5, 5.41) is 16.7. The maximum absolute atomic E-state index is 11.4. The summed E-state index contributed by atoms with van der Waals surface area (Å²) in [6.45, 7) is 1.55. The van der Waals surface area contributed by atoms with Crippen LogP contribution in [0.15, 0.2) is 4.52 Å². The molecule has 1 heterocycles. The van der Waals surface area contributed by atoms with Crippen molar-refractivity contribution in [2.24, 2.45) is 5.73 Å². The zero-order chi connectivity index (χ0) is 14.4. The second kappa shape index (κ2) is 6.33. The lowest BCUT2D eigenvalue weighted by atomic mass is 10.2. The number of nitrogens with two attached hydrogens (primary N) is 1. The van der Waals surface area contributed by atoms with E-state index in [1.807, 2.05) is 0 Å². The van der Waals surface area contributed by atoms with E-state index in [2.05, 4.69) is 25.3 Å². The Bertz CT molecular complexity index is 485. The third-order valence-corrected chi connectivity index (χ3v) is 1.99. The van der Waals surface area contributed by atoms with Crippen LogP contribution in [0.25, 0.3) is 0 Å². The number of amides is 3. The second-order valence-corrected chi connectivity index (χ2v) is 3.62. The number of carboxylic acid groups (broad SMARTS) is 1. The quantitative estimate of drug-likeness (QED) is 0.489. The van der Waals surface area contributed by atoms with Crippen LogP contribution in [-0.2, 0) is 16.1 Å². The molecule has 0 radical (unpaired) electrons. The van der Waals surface area contributed by atoms with Crippen LogP contribution >= 0.6 is 0 Å². The number of hydrogen-bond donors (Lipinski definition) is 4. The van der Waals surface area contributed by atoms with Crippen LogP contribution in [-0.4, -0.2) is 39.2 Å². The fourth-order valence-corrected chi connectivity index (χ4v) is 1.18. The molecule has 0 spiro atoms. The monoisotopic (exact) mass is 271 g/mol. The maximum atomic E-state index is 11.4. The highest BCUT2D eigenvalue weighted by molar-refractivity contribution is 5.87. The second-order valence-electron chi connectivity index (χ2n) is 3.62. The van der Waals surface area contributed by atoms with E-state index in [0.717, 1.165) is 0 Å². The summed E-state index contributed by atoms with van der Waals surface area (Å²) in [5.74, 6) is -1.60. The van der Waals surface area contributed by atoms with Crippen molar-refractivity contribution < 1.29 is 24.0 Å². The first-order valence-corrected chi connectivity index (χ1v) is 5.23. The minimum atomic E-state index is -1.38. The van der Waals surface area contributed by atoms with Gasteiger partial charge in [0.2, 0.25) is 11.8 Å². The lowest BCUT2D eigenvalue weighted by Crippen LogP contribution is -2.47. The molecule has 0 unspecified atom stereocenters. The molecule has 1 aromatic rings. The molecule has 0 aliphatic rings. The molecule has 10 heteroatoms. The highest BCUT2D eigenvalue weighted by Crippen LogP contribution is 1.95. The zero-order valence-corrected chi connectivity index (χ0v) is 10.0. The van der Waals surface area contributed by atoms with Crippen molar-refractivity contribution in [1.82, 2.24) is 20.8 Å². The molecule has 0 aliphatic carbocycles. The average molecular weight is 271 g/mol. The minimum Gasteiger partial charge on any atom is -0.480 e. The van der Waals surface area contributed by atoms with Gasteiger partial charge in [0.25, 0.3) is 0 Å². The van der Waals surface area contributed by atoms with Gasteiger partial charge in [-0.25, -0.2) is 9.59 Å². The molecule has 0 saturated carbocycles. The zero-order valence-electron chi connectivity index (χ0n) is 10.0. The lowest BCUT2D eigenvalue weighted by Gasteiger charge is -2.12. The first-order chi connectivity index (χ1) is 8.88. The Labute approximate surface area is 107 Å². The minimum absolute atomic E-state index is 0.0356. The molecule has 19 heavy (non-hydrogen) atoms. The molecular formula is C9H13N5O5. The number of carbonyl (C=O) groups excluding carboxylic acids is 2. The normalized spacial score (nSPS) is 11.6. The smallest absolute Gasteiger partial charge is 0.326 e. The molecule has 5 N–H and O–H groups in total. The summed E-state index contributed by atoms with van der Waals surface area (Å²) >= 11 is 0. The molecule has 10 nitrogen and oxygen atoms in total. The fourth-order valence-electron chi connectivity index (χ4n) is 1.18. The van der Waals surface area contributed by atoms with E-state index in [1.54, 1.807) is 6.92 Å². The Kier molecular flexibility index (Phi) is 4.80. The van der Waals surface area contributed by atoms with Gasteiger partial charge < -0.3 is 26.0 Å². The van der Waals surface area contributed by atoms with Crippen LogP contribution in [0.2, 0.25) is 0 Å². The molecular weight excluding hydrogens is 258 g/mol. The van der Waals surface area contributed by atoms with E-state index < -0.39 is 30.4 Å². The number of carboxylic acids is 1. The molecule has 1 aromatic heterocycles. The van der Waals surface area contributed by atoms with Gasteiger partial charge in [0.15, 0.2) is 5.82 Å². The molecule has 0 bridgehead atoms. The van der Waals surface area contributed by atoms with Crippen LogP contribution in [0.1, 0.15) is 18.1 Å². The number of aliphatic carboxylic acids is 1. The number of rotatable bonds is 6. The molecule has 0 aliphatic heterocycles. The van der Waals surface area contributed by atoms with Gasteiger partial charge in [-0.2, -0.15) is 4.98 Å². The predicted octanol–water partition coefficient (Wildman–Crippen LogP) is -1.49. The van der Waals surface area contributed by atoms with Gasteiger partial charge in [-0.15, -0.1) is 0 Å². The van der Waals surface area contributed by atoms with Gasteiger partial charge in [-0.3, -0.25) is 4.79 Å². The number of aryl methyl sites for hydroxylation is 1. The third-order valence-electron chi connectivity index (χ3n) is 1.99. The van der Waals surface area contributed by atoms with Crippen molar-refractivity contribution in [1.29, 1.82) is 0 Å². The molecule has 1 rings (SSSR count). The van der Waals surface area contributed by atoms with Crippen LogP contribution in [0.4, 0.5) is 4.79 Å². The summed E-state index contributed by atoms with van der Waals surface area (Å²) in [6.07, 6.45) is -0.496. The number of aromatic nitrogens is 2. The molecule has 1 atom stereocenters. The van der Waals surface area contributed by atoms with Crippen molar-refractivity contribution in [2.75, 3.05) is 0 Å². The van der Waals surface area contributed by atoms with Crippen LogP contribution < -0.4 is 16.4 Å². The van der Waals surface area contributed by atoms with Crippen LogP contribution in [0, 0.1) is 6.92 Å². The van der Waals surface area contributed by atoms with E-state index in [-0.39, 0.29) is 12.4 Å². The number of primary amides is 1. The third kappa shape index (κ3) is 5.02. The van der Waals surface area contributed by atoms with Gasteiger partial charge in [0.05, 0.1) is 13.0 Å². The molecule has 0 fully saturated rings. The van der Waals surface area contributed by atoms with Crippen LogP contribution in [0.3, 0.4) is 0 Å². The highest BCUT2D eigenvalue weighted by Gasteiger charge is 2.22. The van der Waals surface area contributed by atoms with E-state index in [4.69, 9.17) is 10.8 Å². The maximum Gasteiger partial charge on any atom is 0.326 e. The van der Waals surface area contributed by atoms with E-state index >= 15 is 0 Å². The lowest BCUT2D eigenvalue weighted by molar-refractivity contribution is -0.140. The van der Waals surface area contributed by atoms with Crippen molar-refractivity contribution in [3.8, 4) is 0 Å². The number of urea groups is 1. The summed E-state index contributed by atoms with van der Waals surface area (Å²) in [7, 11) is 0. The number of carbonyl (C=O) groups is 3. The number of nitrogens with one attached hydrogen (secondary N) is 2. The summed E-state index contributed by atoms with van der Waals surface area (Å²) in [5.41, 5.74) is 4.87. The summed E-state index contributed by atoms with van der Waals surface area (Å²) in [4.78, 5) is 36.6. The largest absolute Gasteiger partial charge is 0.480 e. The Hall–Kier alpha value is -2.65. The molecule has 104 valence electrons. The Balaban J connectivity index is 2.44. The first-order valence-electron chi connectivity index (χ1n) is 5.23. The highest BCUT2D eigenvalue weighted by atomic mass is 16.5. The Morgan fingerprint density at radius 3 is 2.63 bits per heavy atom. The first kappa shape index (κ1) is 14.4. The predicted molar refractivity (Wildman–Crippen MR) is 59.6 cm³/mol. The van der Waals surface area contributed by atoms with Crippen molar-refractivity contribution >= 4 is 17.9 Å². The molecule has 3 amide bonds. The van der Waals surface area contributed by atoms with E-state index in [0.29, 0.717) is 5.89 Å². The fraction of sp³-hybridized carbons (Fsp3) is 0.444. The molecule has 0 aromatic carbocycles. The van der Waals surface area contributed by atoms with Crippen LogP contribution in [0.5, 0.6) is 0 Å². The Morgan fingerprint density at radius 2 is 2.16 bits per heavy atom. The Morgan fingerprint density at radius 1 is 1.47 bits per heavy atom. The van der Waals surface area contributed by atoms with Crippen molar-refractivity contribution in [2.45, 2.75) is 25.9 Å². The van der Waals surface area contributed by atoms with Gasteiger partial charge in [0.1, 0.15) is 6.04 Å². The number of nitrogens with zero attached hydrogens (tertiary/aromatic N) is 2. The van der Waals surface area contributed by atoms with E-state index in [9.17, 15) is 14.4 Å². The van der Waals surface area contributed by atoms with Gasteiger partial charge >= 0.3 is 12.0 Å². The topological polar surface area (TPSA) is 160 Å².